The van der Waals surface area contributed by atoms with Crippen molar-refractivity contribution in [2.24, 2.45) is 10.9 Å². The van der Waals surface area contributed by atoms with Gasteiger partial charge in [-0.1, -0.05) is 74.0 Å². The average Bonchev–Trinajstić information content (AvgIpc) is 2.56. The van der Waals surface area contributed by atoms with Crippen molar-refractivity contribution in [3.8, 4) is 0 Å². The molecule has 1 aliphatic carbocycles. The smallest absolute Gasteiger partial charge is 0.135 e. The third-order valence-electron chi connectivity index (χ3n) is 4.55. The predicted molar refractivity (Wildman–Crippen MR) is 131 cm³/mol. The zero-order valence-electron chi connectivity index (χ0n) is 19.2. The second-order valence-corrected chi connectivity index (χ2v) is 9.89. The summed E-state index contributed by atoms with van der Waals surface area (Å²) in [5, 5.41) is 9.80. The van der Waals surface area contributed by atoms with Gasteiger partial charge < -0.3 is 5.11 Å². The number of halogens is 2. The highest BCUT2D eigenvalue weighted by molar-refractivity contribution is 9.10. The normalized spacial score (nSPS) is 14.2. The fraction of sp³-hybridized carbons (Fsp3) is 0.667. The van der Waals surface area contributed by atoms with Crippen molar-refractivity contribution >= 4 is 44.7 Å². The number of benzene rings is 1. The standard InChI is InChI=1S/C12H15BrClN.C7H14O2.C5H10/c1-4-5-9(3)15-12-8(2)6-10(13)7-11(12)14;1-4-6(8)5-7(2,3)9;1-5-3-2-4-5/h6-7H,4-5H2,1-3H3;9H,4-5H2,1-3H3;5H,2-4H2,1H3. The van der Waals surface area contributed by atoms with Gasteiger partial charge in [0.1, 0.15) is 5.78 Å². The number of rotatable bonds is 6. The van der Waals surface area contributed by atoms with Crippen LogP contribution in [0.25, 0.3) is 0 Å². The largest absolute Gasteiger partial charge is 0.390 e. The van der Waals surface area contributed by atoms with Crippen molar-refractivity contribution in [3.05, 3.63) is 27.2 Å². The maximum Gasteiger partial charge on any atom is 0.135 e. The van der Waals surface area contributed by atoms with Crippen LogP contribution in [0.1, 0.15) is 92.1 Å². The van der Waals surface area contributed by atoms with Gasteiger partial charge in [-0.15, -0.1) is 0 Å². The van der Waals surface area contributed by atoms with E-state index >= 15 is 0 Å². The fourth-order valence-electron chi connectivity index (χ4n) is 2.66. The molecule has 0 aliphatic heterocycles. The Bertz CT molecular complexity index is 638. The first-order valence-corrected chi connectivity index (χ1v) is 11.8. The quantitative estimate of drug-likeness (QED) is 0.410. The number of Topliss-reactive ketones (excluding diaryl/α,β-unsaturated/α-hetero) is 1. The van der Waals surface area contributed by atoms with Crippen molar-refractivity contribution in [2.45, 2.75) is 99.0 Å². The number of aryl methyl sites for hydroxylation is 1. The number of carbonyl (C=O) groups is 1. The predicted octanol–water partition coefficient (Wildman–Crippen LogP) is 8.24. The summed E-state index contributed by atoms with van der Waals surface area (Å²) >= 11 is 9.55. The molecule has 5 heteroatoms. The number of aliphatic imine (C=N–C) groups is 1. The van der Waals surface area contributed by atoms with Gasteiger partial charge in [-0.05, 0) is 57.7 Å². The average molecular weight is 489 g/mol. The first-order valence-electron chi connectivity index (χ1n) is 10.6. The van der Waals surface area contributed by atoms with E-state index in [4.69, 9.17) is 16.7 Å². The van der Waals surface area contributed by atoms with Crippen molar-refractivity contribution in [1.82, 2.24) is 0 Å². The molecule has 0 spiro atoms. The Kier molecular flexibility index (Phi) is 14.0. The molecule has 2 rings (SSSR count). The lowest BCUT2D eigenvalue weighted by atomic mass is 9.88. The van der Waals surface area contributed by atoms with Gasteiger partial charge in [0.25, 0.3) is 0 Å². The van der Waals surface area contributed by atoms with Crippen molar-refractivity contribution in [3.63, 3.8) is 0 Å². The first-order chi connectivity index (χ1) is 13.4. The van der Waals surface area contributed by atoms with Crippen LogP contribution < -0.4 is 0 Å². The van der Waals surface area contributed by atoms with Crippen molar-refractivity contribution in [2.75, 3.05) is 0 Å². The molecule has 166 valence electrons. The Morgan fingerprint density at radius 3 is 2.17 bits per heavy atom. The van der Waals surface area contributed by atoms with Gasteiger partial charge in [0.15, 0.2) is 0 Å². The van der Waals surface area contributed by atoms with Crippen LogP contribution >= 0.6 is 27.5 Å². The lowest BCUT2D eigenvalue weighted by molar-refractivity contribution is -0.122. The number of hydrogen-bond acceptors (Lipinski definition) is 3. The highest BCUT2D eigenvalue weighted by Gasteiger charge is 2.15. The molecule has 1 aromatic rings. The molecule has 1 fully saturated rings. The Labute approximate surface area is 191 Å². The van der Waals surface area contributed by atoms with E-state index in [-0.39, 0.29) is 12.2 Å². The van der Waals surface area contributed by atoms with Crippen LogP contribution in [0.5, 0.6) is 0 Å². The maximum atomic E-state index is 10.7. The van der Waals surface area contributed by atoms with Crippen LogP contribution in [0.3, 0.4) is 0 Å². The Morgan fingerprint density at radius 2 is 1.86 bits per heavy atom. The van der Waals surface area contributed by atoms with Crippen molar-refractivity contribution < 1.29 is 9.90 Å². The Morgan fingerprint density at radius 1 is 1.31 bits per heavy atom. The second-order valence-electron chi connectivity index (χ2n) is 8.57. The molecule has 0 radical (unpaired) electrons. The summed E-state index contributed by atoms with van der Waals surface area (Å²) in [5.74, 6) is 1.18. The summed E-state index contributed by atoms with van der Waals surface area (Å²) in [7, 11) is 0. The minimum absolute atomic E-state index is 0.113. The molecule has 0 heterocycles. The van der Waals surface area contributed by atoms with E-state index in [9.17, 15) is 4.79 Å². The number of aliphatic hydroxyl groups is 1. The van der Waals surface area contributed by atoms with E-state index < -0.39 is 5.60 Å². The van der Waals surface area contributed by atoms with Crippen LogP contribution in [0.4, 0.5) is 5.69 Å². The fourth-order valence-corrected chi connectivity index (χ4v) is 3.68. The lowest BCUT2D eigenvalue weighted by Crippen LogP contribution is -2.22. The summed E-state index contributed by atoms with van der Waals surface area (Å²) in [6.45, 7) is 13.6. The molecule has 1 aliphatic rings. The minimum atomic E-state index is -0.826. The molecule has 1 aromatic carbocycles. The van der Waals surface area contributed by atoms with E-state index in [1.54, 1.807) is 20.8 Å². The van der Waals surface area contributed by atoms with E-state index in [0.29, 0.717) is 11.4 Å². The highest BCUT2D eigenvalue weighted by Crippen LogP contribution is 2.32. The van der Waals surface area contributed by atoms with Crippen LogP contribution in [-0.4, -0.2) is 22.2 Å². The molecule has 0 atom stereocenters. The minimum Gasteiger partial charge on any atom is -0.390 e. The summed E-state index contributed by atoms with van der Waals surface area (Å²) in [6, 6.07) is 3.91. The van der Waals surface area contributed by atoms with Gasteiger partial charge in [0.05, 0.1) is 16.3 Å². The van der Waals surface area contributed by atoms with Gasteiger partial charge in [0.2, 0.25) is 0 Å². The zero-order chi connectivity index (χ0) is 22.6. The van der Waals surface area contributed by atoms with E-state index in [1.807, 2.05) is 26.0 Å². The molecule has 0 saturated heterocycles. The monoisotopic (exact) mass is 487 g/mol. The third-order valence-corrected chi connectivity index (χ3v) is 5.30. The van der Waals surface area contributed by atoms with E-state index in [1.165, 1.54) is 19.3 Å². The molecule has 0 aromatic heterocycles. The molecule has 3 nitrogen and oxygen atoms in total. The topological polar surface area (TPSA) is 49.7 Å². The van der Waals surface area contributed by atoms with Crippen LogP contribution in [0.2, 0.25) is 5.02 Å². The summed E-state index contributed by atoms with van der Waals surface area (Å²) in [5.41, 5.74) is 2.30. The van der Waals surface area contributed by atoms with Crippen LogP contribution in [0.15, 0.2) is 21.6 Å². The number of carbonyl (C=O) groups excluding carboxylic acids is 1. The SMILES string of the molecule is CC1CCC1.CCC(=O)CC(C)(C)O.CCCC(C)=Nc1c(C)cc(Br)cc1Cl. The third kappa shape index (κ3) is 14.0. The number of hydrogen-bond donors (Lipinski definition) is 1. The number of ketones is 1. The molecule has 0 bridgehead atoms. The van der Waals surface area contributed by atoms with Gasteiger partial charge in [-0.2, -0.15) is 0 Å². The van der Waals surface area contributed by atoms with E-state index in [2.05, 4.69) is 34.8 Å². The Balaban J connectivity index is 0.000000470. The highest BCUT2D eigenvalue weighted by atomic mass is 79.9. The maximum absolute atomic E-state index is 10.7. The van der Waals surface area contributed by atoms with Gasteiger partial charge in [0, 0.05) is 23.0 Å². The number of nitrogens with zero attached hydrogens (tertiary/aromatic N) is 1. The summed E-state index contributed by atoms with van der Waals surface area (Å²) < 4.78 is 0.997. The first kappa shape index (κ1) is 28.3. The van der Waals surface area contributed by atoms with Crippen LogP contribution in [-0.2, 0) is 4.79 Å². The Hall–Kier alpha value is -0.710. The van der Waals surface area contributed by atoms with Gasteiger partial charge in [-0.3, -0.25) is 9.79 Å². The van der Waals surface area contributed by atoms with E-state index in [0.717, 1.165) is 40.2 Å². The van der Waals surface area contributed by atoms with Crippen molar-refractivity contribution in [1.29, 1.82) is 0 Å². The molecular weight excluding hydrogens is 450 g/mol. The van der Waals surface area contributed by atoms with Gasteiger partial charge >= 0.3 is 0 Å². The van der Waals surface area contributed by atoms with Gasteiger partial charge in [-0.25, -0.2) is 0 Å². The molecule has 1 N–H and O–H groups in total. The molecule has 0 unspecified atom stereocenters. The molecular formula is C24H39BrClNO2. The lowest BCUT2D eigenvalue weighted by Gasteiger charge is -2.18. The zero-order valence-corrected chi connectivity index (χ0v) is 21.6. The molecule has 1 saturated carbocycles. The molecule has 29 heavy (non-hydrogen) atoms. The summed E-state index contributed by atoms with van der Waals surface area (Å²) in [4.78, 5) is 15.2. The van der Waals surface area contributed by atoms with Crippen LogP contribution in [0, 0.1) is 12.8 Å². The molecule has 0 amide bonds. The second kappa shape index (κ2) is 14.3. The summed E-state index contributed by atoms with van der Waals surface area (Å²) in [6.07, 6.45) is 7.38.